The first-order valence-corrected chi connectivity index (χ1v) is 11.4. The lowest BCUT2D eigenvalue weighted by atomic mass is 10.1. The van der Waals surface area contributed by atoms with Crippen molar-refractivity contribution < 1.29 is 4.79 Å². The summed E-state index contributed by atoms with van der Waals surface area (Å²) in [5.41, 5.74) is 11.0. The predicted molar refractivity (Wildman–Crippen MR) is 140 cm³/mol. The van der Waals surface area contributed by atoms with Gasteiger partial charge in [-0.1, -0.05) is 48.5 Å². The van der Waals surface area contributed by atoms with Gasteiger partial charge in [0.15, 0.2) is 0 Å². The Balaban J connectivity index is 1.53. The summed E-state index contributed by atoms with van der Waals surface area (Å²) < 4.78 is 1.48. The fourth-order valence-corrected chi connectivity index (χ4v) is 3.86. The summed E-state index contributed by atoms with van der Waals surface area (Å²) in [6.45, 7) is 2.77. The molecule has 0 unspecified atom stereocenters. The molecular formula is C28H29N5O2. The van der Waals surface area contributed by atoms with Gasteiger partial charge >= 0.3 is 0 Å². The number of aromatic nitrogens is 2. The van der Waals surface area contributed by atoms with E-state index in [2.05, 4.69) is 27.4 Å². The van der Waals surface area contributed by atoms with E-state index >= 15 is 0 Å². The number of rotatable bonds is 7. The van der Waals surface area contributed by atoms with Crippen LogP contribution in [-0.4, -0.2) is 34.7 Å². The van der Waals surface area contributed by atoms with Gasteiger partial charge in [-0.05, 0) is 62.5 Å². The van der Waals surface area contributed by atoms with E-state index in [4.69, 9.17) is 5.73 Å². The molecule has 1 heterocycles. The highest BCUT2D eigenvalue weighted by molar-refractivity contribution is 6.05. The largest absolute Gasteiger partial charge is 0.397 e. The van der Waals surface area contributed by atoms with Crippen LogP contribution in [0.4, 0.5) is 11.4 Å². The van der Waals surface area contributed by atoms with Crippen molar-refractivity contribution in [1.82, 2.24) is 14.7 Å². The van der Waals surface area contributed by atoms with Crippen LogP contribution < -0.4 is 16.6 Å². The Kier molecular flexibility index (Phi) is 7.08. The molecule has 3 aromatic carbocycles. The lowest BCUT2D eigenvalue weighted by Gasteiger charge is -2.16. The van der Waals surface area contributed by atoms with Gasteiger partial charge in [-0.15, -0.1) is 0 Å². The van der Waals surface area contributed by atoms with Gasteiger partial charge in [0.1, 0.15) is 0 Å². The Bertz CT molecular complexity index is 1380. The number of nitrogens with zero attached hydrogens (tertiary/aromatic N) is 3. The summed E-state index contributed by atoms with van der Waals surface area (Å²) in [5, 5.41) is 7.45. The molecule has 4 aromatic rings. The van der Waals surface area contributed by atoms with E-state index in [1.54, 1.807) is 36.4 Å². The zero-order chi connectivity index (χ0) is 24.9. The lowest BCUT2D eigenvalue weighted by molar-refractivity contribution is 0.102. The number of hydrogen-bond donors (Lipinski definition) is 2. The zero-order valence-corrected chi connectivity index (χ0v) is 20.1. The van der Waals surface area contributed by atoms with Gasteiger partial charge in [-0.3, -0.25) is 9.59 Å². The molecule has 1 atom stereocenters. The lowest BCUT2D eigenvalue weighted by Crippen LogP contribution is -2.26. The molecule has 0 saturated heterocycles. The van der Waals surface area contributed by atoms with Crippen molar-refractivity contribution in [3.05, 3.63) is 112 Å². The third-order valence-corrected chi connectivity index (χ3v) is 5.80. The average molecular weight is 468 g/mol. The number of amides is 1. The van der Waals surface area contributed by atoms with Crippen LogP contribution in [0.15, 0.2) is 89.7 Å². The fourth-order valence-electron chi connectivity index (χ4n) is 3.86. The van der Waals surface area contributed by atoms with Crippen LogP contribution in [0, 0.1) is 0 Å². The molecule has 0 aliphatic heterocycles. The van der Waals surface area contributed by atoms with Crippen molar-refractivity contribution in [2.24, 2.45) is 0 Å². The van der Waals surface area contributed by atoms with Crippen LogP contribution in [0.25, 0.3) is 11.3 Å². The van der Waals surface area contributed by atoms with Crippen LogP contribution in [0.1, 0.15) is 34.5 Å². The molecule has 1 aromatic heterocycles. The number of hydrogen-bond acceptors (Lipinski definition) is 5. The zero-order valence-electron chi connectivity index (χ0n) is 20.1. The van der Waals surface area contributed by atoms with Gasteiger partial charge in [0.25, 0.3) is 11.5 Å². The Hall–Kier alpha value is -4.23. The van der Waals surface area contributed by atoms with Gasteiger partial charge in [0.2, 0.25) is 0 Å². The number of benzene rings is 3. The van der Waals surface area contributed by atoms with Gasteiger partial charge < -0.3 is 16.0 Å². The summed E-state index contributed by atoms with van der Waals surface area (Å²) in [6, 6.07) is 25.4. The van der Waals surface area contributed by atoms with Crippen molar-refractivity contribution in [2.45, 2.75) is 19.5 Å². The van der Waals surface area contributed by atoms with Crippen LogP contribution in [-0.2, 0) is 6.54 Å². The average Bonchev–Trinajstić information content (AvgIpc) is 2.85. The van der Waals surface area contributed by atoms with Crippen LogP contribution in [0.5, 0.6) is 0 Å². The molecule has 3 N–H and O–H groups in total. The van der Waals surface area contributed by atoms with E-state index in [0.29, 0.717) is 16.9 Å². The van der Waals surface area contributed by atoms with E-state index in [1.807, 2.05) is 57.4 Å². The number of anilines is 2. The Labute approximate surface area is 204 Å². The molecule has 35 heavy (non-hydrogen) atoms. The molecule has 0 aliphatic carbocycles. The number of carbonyl (C=O) groups is 1. The minimum absolute atomic E-state index is 0.188. The number of para-hydroxylation sites is 2. The quantitative estimate of drug-likeness (QED) is 0.393. The van der Waals surface area contributed by atoms with Crippen molar-refractivity contribution in [3.63, 3.8) is 0 Å². The molecule has 7 heteroatoms. The second-order valence-electron chi connectivity index (χ2n) is 8.78. The maximum atomic E-state index is 12.6. The van der Waals surface area contributed by atoms with Crippen LogP contribution >= 0.6 is 0 Å². The second kappa shape index (κ2) is 10.4. The highest BCUT2D eigenvalue weighted by Gasteiger charge is 2.14. The van der Waals surface area contributed by atoms with E-state index < -0.39 is 0 Å². The molecule has 0 spiro atoms. The summed E-state index contributed by atoms with van der Waals surface area (Å²) in [7, 11) is 4.07. The maximum absolute atomic E-state index is 12.6. The summed E-state index contributed by atoms with van der Waals surface area (Å²) >= 11 is 0. The Morgan fingerprint density at radius 1 is 0.971 bits per heavy atom. The highest BCUT2D eigenvalue weighted by atomic mass is 16.1. The topological polar surface area (TPSA) is 93.2 Å². The first-order valence-electron chi connectivity index (χ1n) is 11.4. The highest BCUT2D eigenvalue weighted by Crippen LogP contribution is 2.22. The van der Waals surface area contributed by atoms with Gasteiger partial charge in [-0.2, -0.15) is 5.10 Å². The van der Waals surface area contributed by atoms with E-state index in [1.165, 1.54) is 10.2 Å². The number of carbonyl (C=O) groups excluding carboxylic acids is 1. The summed E-state index contributed by atoms with van der Waals surface area (Å²) in [5.74, 6) is -0.253. The molecule has 7 nitrogen and oxygen atoms in total. The SMILES string of the molecule is C[C@@H](c1ccc(C(=O)Nc2ccccc2N)cc1)n1nc(-c2ccc(CN(C)C)cc2)ccc1=O. The standard InChI is InChI=1S/C28H29N5O2/c1-19(21-12-14-23(15-13-21)28(35)30-26-7-5-4-6-24(26)29)33-27(34)17-16-25(31-33)22-10-8-20(9-11-22)18-32(2)3/h4-17,19H,18,29H2,1-3H3,(H,30,35)/t19-/m0/s1. The predicted octanol–water partition coefficient (Wildman–Crippen LogP) is 4.42. The molecule has 0 fully saturated rings. The molecule has 0 saturated carbocycles. The van der Waals surface area contributed by atoms with E-state index in [-0.39, 0.29) is 17.5 Å². The van der Waals surface area contributed by atoms with Crippen LogP contribution in [0.3, 0.4) is 0 Å². The normalized spacial score (nSPS) is 11.9. The fraction of sp³-hybridized carbons (Fsp3) is 0.179. The van der Waals surface area contributed by atoms with Crippen molar-refractivity contribution in [1.29, 1.82) is 0 Å². The molecule has 0 bridgehead atoms. The molecule has 1 amide bonds. The Morgan fingerprint density at radius 3 is 2.31 bits per heavy atom. The van der Waals surface area contributed by atoms with E-state index in [9.17, 15) is 9.59 Å². The molecule has 178 valence electrons. The van der Waals surface area contributed by atoms with Gasteiger partial charge in [0, 0.05) is 23.7 Å². The van der Waals surface area contributed by atoms with Crippen molar-refractivity contribution >= 4 is 17.3 Å². The van der Waals surface area contributed by atoms with Crippen molar-refractivity contribution in [3.8, 4) is 11.3 Å². The molecular weight excluding hydrogens is 438 g/mol. The first kappa shape index (κ1) is 23.9. The Morgan fingerprint density at radius 2 is 1.66 bits per heavy atom. The minimum Gasteiger partial charge on any atom is -0.397 e. The molecule has 4 rings (SSSR count). The van der Waals surface area contributed by atoms with Gasteiger partial charge in [0.05, 0.1) is 23.1 Å². The maximum Gasteiger partial charge on any atom is 0.267 e. The van der Waals surface area contributed by atoms with Crippen LogP contribution in [0.2, 0.25) is 0 Å². The second-order valence-corrected chi connectivity index (χ2v) is 8.78. The number of nitrogen functional groups attached to an aromatic ring is 1. The third kappa shape index (κ3) is 5.65. The van der Waals surface area contributed by atoms with Crippen molar-refractivity contribution in [2.75, 3.05) is 25.1 Å². The third-order valence-electron chi connectivity index (χ3n) is 5.80. The number of nitrogens with two attached hydrogens (primary N) is 1. The summed E-state index contributed by atoms with van der Waals surface area (Å²) in [4.78, 5) is 27.4. The minimum atomic E-state index is -0.308. The monoisotopic (exact) mass is 467 g/mol. The van der Waals surface area contributed by atoms with Gasteiger partial charge in [-0.25, -0.2) is 4.68 Å². The molecule has 0 aliphatic rings. The summed E-state index contributed by atoms with van der Waals surface area (Å²) in [6.07, 6.45) is 0. The smallest absolute Gasteiger partial charge is 0.267 e. The van der Waals surface area contributed by atoms with E-state index in [0.717, 1.165) is 23.4 Å². The first-order chi connectivity index (χ1) is 16.8. The molecule has 0 radical (unpaired) electrons. The number of nitrogens with one attached hydrogen (secondary N) is 1.